The molecule has 1 rings (SSSR count). The van der Waals surface area contributed by atoms with Crippen LogP contribution in [0.2, 0.25) is 0 Å². The van der Waals surface area contributed by atoms with E-state index in [2.05, 4.69) is 42.2 Å². The summed E-state index contributed by atoms with van der Waals surface area (Å²) in [6.07, 6.45) is 3.76. The van der Waals surface area contributed by atoms with Crippen molar-refractivity contribution < 1.29 is 0 Å². The molecule has 0 aromatic rings. The van der Waals surface area contributed by atoms with Crippen molar-refractivity contribution in [2.45, 2.75) is 52.0 Å². The quantitative estimate of drug-likeness (QED) is 0.350. The van der Waals surface area contributed by atoms with Gasteiger partial charge in [-0.25, -0.2) is 0 Å². The molecule has 1 saturated carbocycles. The van der Waals surface area contributed by atoms with Crippen LogP contribution in [0.15, 0.2) is 5.11 Å². The molecule has 0 spiro atoms. The average molecular weight is 249 g/mol. The van der Waals surface area contributed by atoms with Crippen LogP contribution in [0.25, 0.3) is 10.4 Å². The highest BCUT2D eigenvalue weighted by molar-refractivity contribution is 5.12. The molecule has 0 amide bonds. The lowest BCUT2D eigenvalue weighted by Crippen LogP contribution is -2.52. The summed E-state index contributed by atoms with van der Waals surface area (Å²) in [7, 11) is 0. The summed E-state index contributed by atoms with van der Waals surface area (Å²) in [5.41, 5.74) is 8.01. The van der Waals surface area contributed by atoms with Crippen LogP contribution in [-0.4, -0.2) is 18.6 Å². The molecule has 0 aromatic carbocycles. The Balaban J connectivity index is 2.56. The van der Waals surface area contributed by atoms with Gasteiger partial charge < -0.3 is 0 Å². The van der Waals surface area contributed by atoms with E-state index in [-0.39, 0.29) is 5.41 Å². The number of azide groups is 1. The molecule has 5 heteroatoms. The fraction of sp³-hybridized carbons (Fsp3) is 0.923. The summed E-state index contributed by atoms with van der Waals surface area (Å²) in [4.78, 5) is 2.72. The average Bonchev–Trinajstić information content (AvgIpc) is 2.26. The van der Waals surface area contributed by atoms with E-state index in [1.165, 1.54) is 6.42 Å². The second-order valence-electron chi connectivity index (χ2n) is 6.28. The lowest BCUT2D eigenvalue weighted by Gasteiger charge is -2.44. The molecule has 0 radical (unpaired) electrons. The number of nitrogens with one attached hydrogen (secondary N) is 1. The Hall–Kier alpha value is -1.24. The van der Waals surface area contributed by atoms with Crippen LogP contribution in [0.4, 0.5) is 0 Å². The Bertz CT molecular complexity index is 364. The van der Waals surface area contributed by atoms with Gasteiger partial charge in [-0.3, -0.25) is 5.32 Å². The molecule has 2 unspecified atom stereocenters. The van der Waals surface area contributed by atoms with Gasteiger partial charge in [0.25, 0.3) is 0 Å². The molecule has 1 N–H and O–H groups in total. The van der Waals surface area contributed by atoms with Crippen molar-refractivity contribution in [3.05, 3.63) is 10.4 Å². The molecular weight excluding hydrogens is 226 g/mol. The van der Waals surface area contributed by atoms with Crippen LogP contribution in [0, 0.1) is 22.7 Å². The summed E-state index contributed by atoms with van der Waals surface area (Å²) in [6.45, 7) is 7.90. The van der Waals surface area contributed by atoms with E-state index in [9.17, 15) is 5.26 Å². The van der Waals surface area contributed by atoms with Gasteiger partial charge in [0, 0.05) is 11.5 Å². The zero-order valence-electron chi connectivity index (χ0n) is 11.6. The first-order chi connectivity index (χ1) is 8.43. The molecule has 0 saturated heterocycles. The van der Waals surface area contributed by atoms with Crippen molar-refractivity contribution >= 4 is 0 Å². The predicted molar refractivity (Wildman–Crippen MR) is 71.8 cm³/mol. The molecule has 0 heterocycles. The zero-order valence-corrected chi connectivity index (χ0v) is 11.6. The maximum atomic E-state index is 9.50. The van der Waals surface area contributed by atoms with Gasteiger partial charge in [-0.1, -0.05) is 25.9 Å². The van der Waals surface area contributed by atoms with E-state index in [0.717, 1.165) is 25.8 Å². The lowest BCUT2D eigenvalue weighted by molar-refractivity contribution is 0.115. The topological polar surface area (TPSA) is 84.6 Å². The first-order valence-corrected chi connectivity index (χ1v) is 6.60. The largest absolute Gasteiger partial charge is 0.299 e. The monoisotopic (exact) mass is 249 g/mol. The molecule has 0 aromatic heterocycles. The second kappa shape index (κ2) is 6.08. The summed E-state index contributed by atoms with van der Waals surface area (Å²) < 4.78 is 0. The summed E-state index contributed by atoms with van der Waals surface area (Å²) in [6, 6.07) is 2.48. The summed E-state index contributed by atoms with van der Waals surface area (Å²) >= 11 is 0. The van der Waals surface area contributed by atoms with Crippen molar-refractivity contribution in [3.8, 4) is 6.07 Å². The van der Waals surface area contributed by atoms with Gasteiger partial charge in [0.2, 0.25) is 0 Å². The second-order valence-corrected chi connectivity index (χ2v) is 6.28. The third kappa shape index (κ3) is 4.21. The first kappa shape index (κ1) is 14.8. The minimum Gasteiger partial charge on any atom is -0.299 e. The fourth-order valence-electron chi connectivity index (χ4n) is 3.35. The zero-order chi connectivity index (χ0) is 13.6. The number of hydrogen-bond acceptors (Lipinski definition) is 3. The molecule has 2 atom stereocenters. The number of rotatable bonds is 5. The van der Waals surface area contributed by atoms with Crippen LogP contribution >= 0.6 is 0 Å². The van der Waals surface area contributed by atoms with Crippen molar-refractivity contribution in [1.29, 1.82) is 5.26 Å². The van der Waals surface area contributed by atoms with Gasteiger partial charge >= 0.3 is 0 Å². The van der Waals surface area contributed by atoms with Gasteiger partial charge in [0.05, 0.1) is 6.07 Å². The maximum absolute atomic E-state index is 9.50. The Morgan fingerprint density at radius 1 is 1.50 bits per heavy atom. The summed E-state index contributed by atoms with van der Waals surface area (Å²) in [5, 5.41) is 16.4. The Morgan fingerprint density at radius 2 is 2.22 bits per heavy atom. The molecule has 1 aliphatic carbocycles. The number of hydrogen-bond donors (Lipinski definition) is 1. The molecule has 5 nitrogen and oxygen atoms in total. The van der Waals surface area contributed by atoms with Gasteiger partial charge in [-0.05, 0) is 49.1 Å². The highest BCUT2D eigenvalue weighted by Crippen LogP contribution is 2.43. The van der Waals surface area contributed by atoms with Gasteiger partial charge in [0.1, 0.15) is 5.54 Å². The van der Waals surface area contributed by atoms with E-state index < -0.39 is 5.54 Å². The maximum Gasteiger partial charge on any atom is 0.107 e. The highest BCUT2D eigenvalue weighted by Gasteiger charge is 2.42. The molecule has 1 fully saturated rings. The normalized spacial score (nSPS) is 30.2. The van der Waals surface area contributed by atoms with Crippen LogP contribution < -0.4 is 5.32 Å². The van der Waals surface area contributed by atoms with E-state index in [1.807, 2.05) is 0 Å². The van der Waals surface area contributed by atoms with Crippen molar-refractivity contribution in [3.63, 3.8) is 0 Å². The third-order valence-electron chi connectivity index (χ3n) is 3.55. The Kier molecular flexibility index (Phi) is 5.01. The lowest BCUT2D eigenvalue weighted by atomic mass is 9.65. The van der Waals surface area contributed by atoms with Crippen LogP contribution in [-0.2, 0) is 0 Å². The summed E-state index contributed by atoms with van der Waals surface area (Å²) in [5.74, 6) is 0.568. The standard InChI is InChI=1S/C13H23N5/c1-11-7-12(2,3)9-13(8-11,10-14)16-5-4-6-17-18-15/h11,16H,4-9H2,1-3H3. The predicted octanol–water partition coefficient (Wildman–Crippen LogP) is 3.38. The molecule has 0 bridgehead atoms. The molecule has 0 aliphatic heterocycles. The van der Waals surface area contributed by atoms with E-state index >= 15 is 0 Å². The minimum absolute atomic E-state index is 0.213. The van der Waals surface area contributed by atoms with Crippen molar-refractivity contribution in [1.82, 2.24) is 5.32 Å². The van der Waals surface area contributed by atoms with E-state index in [0.29, 0.717) is 12.5 Å². The van der Waals surface area contributed by atoms with Gasteiger partial charge in [-0.2, -0.15) is 5.26 Å². The third-order valence-corrected chi connectivity index (χ3v) is 3.55. The molecule has 1 aliphatic rings. The van der Waals surface area contributed by atoms with Crippen molar-refractivity contribution in [2.24, 2.45) is 16.4 Å². The number of nitriles is 1. The van der Waals surface area contributed by atoms with Crippen LogP contribution in [0.3, 0.4) is 0 Å². The van der Waals surface area contributed by atoms with E-state index in [1.54, 1.807) is 0 Å². The highest BCUT2D eigenvalue weighted by atomic mass is 15.1. The van der Waals surface area contributed by atoms with Gasteiger partial charge in [0.15, 0.2) is 0 Å². The first-order valence-electron chi connectivity index (χ1n) is 6.60. The van der Waals surface area contributed by atoms with E-state index in [4.69, 9.17) is 5.53 Å². The molecular formula is C13H23N5. The smallest absolute Gasteiger partial charge is 0.107 e. The van der Waals surface area contributed by atoms with Crippen molar-refractivity contribution in [2.75, 3.05) is 13.1 Å². The van der Waals surface area contributed by atoms with Gasteiger partial charge in [-0.15, -0.1) is 0 Å². The molecule has 100 valence electrons. The SMILES string of the molecule is CC1CC(C)(C)CC(C#N)(NCCCN=[N+]=[N-])C1. The van der Waals surface area contributed by atoms with Crippen LogP contribution in [0.1, 0.15) is 46.5 Å². The molecule has 18 heavy (non-hydrogen) atoms. The Morgan fingerprint density at radius 3 is 2.78 bits per heavy atom. The fourth-order valence-corrected chi connectivity index (χ4v) is 3.35. The minimum atomic E-state index is -0.405. The van der Waals surface area contributed by atoms with Crippen LogP contribution in [0.5, 0.6) is 0 Å². The Labute approximate surface area is 109 Å². The number of nitrogens with zero attached hydrogens (tertiary/aromatic N) is 4.